The summed E-state index contributed by atoms with van der Waals surface area (Å²) in [6.45, 7) is 3.79. The Bertz CT molecular complexity index is 1290. The van der Waals surface area contributed by atoms with Crippen molar-refractivity contribution in [2.24, 2.45) is 7.05 Å². The largest absolute Gasteiger partial charge is 0.280 e. The van der Waals surface area contributed by atoms with Gasteiger partial charge in [0.1, 0.15) is 5.82 Å². The minimum Gasteiger partial charge on any atom is -0.280 e. The molecule has 0 spiro atoms. The highest BCUT2D eigenvalue weighted by Gasteiger charge is 2.15. The average molecular weight is 397 g/mol. The van der Waals surface area contributed by atoms with Crippen LogP contribution in [0.25, 0.3) is 16.7 Å². The number of hydrogen-bond acceptors (Lipinski definition) is 4. The van der Waals surface area contributed by atoms with Crippen molar-refractivity contribution in [3.05, 3.63) is 75.0 Å². The number of aromatic nitrogens is 4. The summed E-state index contributed by atoms with van der Waals surface area (Å²) in [5.74, 6) is 0.245. The molecule has 0 unspecified atom stereocenters. The fraction of sp³-hybridized carbons (Fsp3) is 0.250. The van der Waals surface area contributed by atoms with E-state index in [-0.39, 0.29) is 11.4 Å². The van der Waals surface area contributed by atoms with Crippen molar-refractivity contribution >= 4 is 28.9 Å². The lowest BCUT2D eigenvalue weighted by Gasteiger charge is -2.20. The summed E-state index contributed by atoms with van der Waals surface area (Å²) in [7, 11) is 1.69. The van der Waals surface area contributed by atoms with E-state index in [1.54, 1.807) is 23.9 Å². The van der Waals surface area contributed by atoms with Gasteiger partial charge in [0.25, 0.3) is 5.56 Å². The lowest BCUT2D eigenvalue weighted by Crippen LogP contribution is -2.26. The topological polar surface area (TPSA) is 47.5 Å². The minimum atomic E-state index is -0.251. The van der Waals surface area contributed by atoms with Crippen LogP contribution in [0.4, 0.5) is 4.39 Å². The normalized spacial score (nSPS) is 11.7. The molecular formula is C20H20FN5OS. The molecule has 0 amide bonds. The molecule has 6 nitrogen and oxygen atoms in total. The SMILES string of the molecule is CCN(Cc1cccc(F)c1)Cn1nc2n(C)c(=O)c3ccccc3n2c1=S. The first kappa shape index (κ1) is 18.5. The Morgan fingerprint density at radius 2 is 1.96 bits per heavy atom. The summed E-state index contributed by atoms with van der Waals surface area (Å²) in [6, 6.07) is 13.9. The van der Waals surface area contributed by atoms with Crippen LogP contribution in [0.3, 0.4) is 0 Å². The van der Waals surface area contributed by atoms with Crippen LogP contribution in [0.5, 0.6) is 0 Å². The van der Waals surface area contributed by atoms with Crippen molar-refractivity contribution in [2.45, 2.75) is 20.1 Å². The van der Waals surface area contributed by atoms with Gasteiger partial charge in [-0.05, 0) is 48.6 Å². The highest BCUT2D eigenvalue weighted by atomic mass is 32.1. The van der Waals surface area contributed by atoms with Crippen molar-refractivity contribution in [1.82, 2.24) is 23.6 Å². The van der Waals surface area contributed by atoms with Crippen LogP contribution in [-0.4, -0.2) is 30.2 Å². The predicted molar refractivity (Wildman–Crippen MR) is 109 cm³/mol. The number of rotatable bonds is 5. The molecule has 28 heavy (non-hydrogen) atoms. The Morgan fingerprint density at radius 3 is 2.71 bits per heavy atom. The van der Waals surface area contributed by atoms with Gasteiger partial charge in [0.2, 0.25) is 10.5 Å². The molecular weight excluding hydrogens is 377 g/mol. The van der Waals surface area contributed by atoms with E-state index < -0.39 is 0 Å². The molecule has 0 aliphatic carbocycles. The van der Waals surface area contributed by atoms with Gasteiger partial charge in [-0.15, -0.1) is 5.10 Å². The second kappa shape index (κ2) is 7.29. The van der Waals surface area contributed by atoms with Gasteiger partial charge in [0, 0.05) is 13.6 Å². The zero-order valence-electron chi connectivity index (χ0n) is 15.7. The van der Waals surface area contributed by atoms with Crippen LogP contribution in [-0.2, 0) is 20.3 Å². The summed E-state index contributed by atoms with van der Waals surface area (Å²) in [4.78, 5) is 14.7. The van der Waals surface area contributed by atoms with E-state index in [1.165, 1.54) is 16.7 Å². The zero-order chi connectivity index (χ0) is 19.8. The van der Waals surface area contributed by atoms with E-state index in [9.17, 15) is 9.18 Å². The Labute approximate surface area is 166 Å². The average Bonchev–Trinajstić information content (AvgIpc) is 3.02. The molecule has 4 rings (SSSR count). The standard InChI is InChI=1S/C20H20FN5OS/c1-3-24(12-14-7-6-8-15(21)11-14)13-25-20(28)26-17-10-5-4-9-16(17)18(27)23(2)19(26)22-25/h4-11H,3,12-13H2,1-2H3. The van der Waals surface area contributed by atoms with E-state index in [1.807, 2.05) is 35.6 Å². The van der Waals surface area contributed by atoms with E-state index in [0.717, 1.165) is 17.6 Å². The van der Waals surface area contributed by atoms with E-state index in [0.29, 0.717) is 29.1 Å². The van der Waals surface area contributed by atoms with Crippen molar-refractivity contribution in [2.75, 3.05) is 6.54 Å². The lowest BCUT2D eigenvalue weighted by molar-refractivity contribution is 0.207. The van der Waals surface area contributed by atoms with Crippen molar-refractivity contribution < 1.29 is 4.39 Å². The van der Waals surface area contributed by atoms with E-state index in [2.05, 4.69) is 10.00 Å². The molecule has 2 aromatic heterocycles. The number of nitrogens with zero attached hydrogens (tertiary/aromatic N) is 5. The van der Waals surface area contributed by atoms with Gasteiger partial charge in [0.15, 0.2) is 0 Å². The van der Waals surface area contributed by atoms with Crippen molar-refractivity contribution in [1.29, 1.82) is 0 Å². The second-order valence-corrected chi connectivity index (χ2v) is 7.08. The molecule has 2 heterocycles. The van der Waals surface area contributed by atoms with Crippen LogP contribution in [0.1, 0.15) is 12.5 Å². The first-order valence-corrected chi connectivity index (χ1v) is 9.44. The molecule has 0 aliphatic rings. The number of para-hydroxylation sites is 1. The molecule has 0 fully saturated rings. The van der Waals surface area contributed by atoms with Crippen molar-refractivity contribution in [3.63, 3.8) is 0 Å². The Balaban J connectivity index is 1.78. The maximum Gasteiger partial charge on any atom is 0.262 e. The minimum absolute atomic E-state index is 0.109. The van der Waals surface area contributed by atoms with Crippen molar-refractivity contribution in [3.8, 4) is 0 Å². The monoisotopic (exact) mass is 397 g/mol. The Hall–Kier alpha value is -2.84. The quantitative estimate of drug-likeness (QED) is 0.485. The highest BCUT2D eigenvalue weighted by Crippen LogP contribution is 2.14. The number of benzene rings is 2. The second-order valence-electron chi connectivity index (χ2n) is 6.72. The summed E-state index contributed by atoms with van der Waals surface area (Å²) >= 11 is 5.67. The third kappa shape index (κ3) is 3.14. The third-order valence-electron chi connectivity index (χ3n) is 4.88. The molecule has 144 valence electrons. The summed E-state index contributed by atoms with van der Waals surface area (Å²) < 4.78 is 19.0. The van der Waals surface area contributed by atoms with Gasteiger partial charge in [0.05, 0.1) is 17.6 Å². The van der Waals surface area contributed by atoms with Gasteiger partial charge in [-0.25, -0.2) is 9.07 Å². The number of aryl methyl sites for hydroxylation is 1. The number of hydrogen-bond donors (Lipinski definition) is 0. The predicted octanol–water partition coefficient (Wildman–Crippen LogP) is 3.34. The third-order valence-corrected chi connectivity index (χ3v) is 5.27. The van der Waals surface area contributed by atoms with E-state index in [4.69, 9.17) is 12.2 Å². The number of fused-ring (bicyclic) bond motifs is 3. The molecule has 2 aromatic carbocycles. The lowest BCUT2D eigenvalue weighted by atomic mass is 10.2. The molecule has 4 aromatic rings. The molecule has 0 radical (unpaired) electrons. The van der Waals surface area contributed by atoms with Crippen LogP contribution in [0.2, 0.25) is 0 Å². The van der Waals surface area contributed by atoms with Gasteiger partial charge < -0.3 is 0 Å². The van der Waals surface area contributed by atoms with Gasteiger partial charge in [-0.1, -0.05) is 31.2 Å². The zero-order valence-corrected chi connectivity index (χ0v) is 16.5. The molecule has 0 bridgehead atoms. The first-order chi connectivity index (χ1) is 13.5. The molecule has 0 N–H and O–H groups in total. The van der Waals surface area contributed by atoms with Gasteiger partial charge in [-0.2, -0.15) is 0 Å². The van der Waals surface area contributed by atoms with Crippen LogP contribution >= 0.6 is 12.2 Å². The van der Waals surface area contributed by atoms with E-state index >= 15 is 0 Å². The molecule has 0 saturated heterocycles. The summed E-state index contributed by atoms with van der Waals surface area (Å²) in [5, 5.41) is 5.19. The first-order valence-electron chi connectivity index (χ1n) is 9.03. The maximum atomic E-state index is 13.5. The van der Waals surface area contributed by atoms with Crippen LogP contribution in [0, 0.1) is 10.6 Å². The number of halogens is 1. The van der Waals surface area contributed by atoms with Gasteiger partial charge >= 0.3 is 0 Å². The fourth-order valence-electron chi connectivity index (χ4n) is 3.38. The highest BCUT2D eigenvalue weighted by molar-refractivity contribution is 7.71. The Kier molecular flexibility index (Phi) is 4.82. The Morgan fingerprint density at radius 1 is 1.18 bits per heavy atom. The van der Waals surface area contributed by atoms with Crippen LogP contribution < -0.4 is 5.56 Å². The summed E-state index contributed by atoms with van der Waals surface area (Å²) in [6.07, 6.45) is 0. The molecule has 0 atom stereocenters. The fourth-order valence-corrected chi connectivity index (χ4v) is 3.66. The van der Waals surface area contributed by atoms with Crippen LogP contribution in [0.15, 0.2) is 53.3 Å². The molecule has 8 heteroatoms. The molecule has 0 saturated carbocycles. The summed E-state index contributed by atoms with van der Waals surface area (Å²) in [5.41, 5.74) is 1.52. The maximum absolute atomic E-state index is 13.5. The molecule has 0 aliphatic heterocycles. The van der Waals surface area contributed by atoms with Gasteiger partial charge in [-0.3, -0.25) is 18.7 Å². The smallest absolute Gasteiger partial charge is 0.262 e.